The molecule has 0 saturated heterocycles. The molecule has 15 heavy (non-hydrogen) atoms. The Kier molecular flexibility index (Phi) is 3.52. The maximum absolute atomic E-state index is 10.2. The van der Waals surface area contributed by atoms with Gasteiger partial charge in [-0.25, -0.2) is 4.98 Å². The summed E-state index contributed by atoms with van der Waals surface area (Å²) in [6.07, 6.45) is -0.238. The molecule has 1 rings (SSSR count). The minimum absolute atomic E-state index is 0.238. The fraction of sp³-hybridized carbons (Fsp3) is 0.200. The van der Waals surface area contributed by atoms with Crippen LogP contribution in [0.1, 0.15) is 12.1 Å². The van der Waals surface area contributed by atoms with Crippen LogP contribution in [0.3, 0.4) is 0 Å². The number of ether oxygens (including phenoxy) is 1. The molecule has 3 N–H and O–H groups in total. The predicted octanol–water partition coefficient (Wildman–Crippen LogP) is 0.499. The van der Waals surface area contributed by atoms with Crippen molar-refractivity contribution in [3.05, 3.63) is 17.8 Å². The number of aliphatic carboxylic acids is 1. The van der Waals surface area contributed by atoms with Crippen molar-refractivity contribution in [3.63, 3.8) is 0 Å². The molecule has 1 heterocycles. The van der Waals surface area contributed by atoms with Crippen LogP contribution >= 0.6 is 0 Å². The third-order valence-electron chi connectivity index (χ3n) is 1.56. The quantitative estimate of drug-likeness (QED) is 0.688. The van der Waals surface area contributed by atoms with Crippen LogP contribution in [0.25, 0.3) is 0 Å². The van der Waals surface area contributed by atoms with Crippen molar-refractivity contribution in [1.29, 1.82) is 0 Å². The molecule has 0 saturated carbocycles. The summed E-state index contributed by atoms with van der Waals surface area (Å²) in [5.74, 6) is 4.43. The standard InChI is InChI=1S/C10H10N2O3/c1-15-9-6-5-7(11)8(12-9)3-2-4-10(13)14/h5-6H,4,11H2,1H3,(H,13,14). The number of methoxy groups -OCH3 is 1. The van der Waals surface area contributed by atoms with Gasteiger partial charge in [-0.15, -0.1) is 0 Å². The molecule has 0 fully saturated rings. The highest BCUT2D eigenvalue weighted by Crippen LogP contribution is 2.13. The van der Waals surface area contributed by atoms with Crippen molar-refractivity contribution in [2.45, 2.75) is 6.42 Å². The zero-order valence-corrected chi connectivity index (χ0v) is 8.15. The monoisotopic (exact) mass is 206 g/mol. The number of nitrogens with two attached hydrogens (primary N) is 1. The van der Waals surface area contributed by atoms with E-state index in [0.717, 1.165) is 0 Å². The number of nitrogens with zero attached hydrogens (tertiary/aromatic N) is 1. The Balaban J connectivity index is 2.91. The number of rotatable bonds is 2. The Bertz CT molecular complexity index is 432. The minimum Gasteiger partial charge on any atom is -0.481 e. The number of carboxylic acids is 1. The van der Waals surface area contributed by atoms with Crippen LogP contribution in [0.4, 0.5) is 5.69 Å². The second-order valence-corrected chi connectivity index (χ2v) is 2.66. The first-order valence-corrected chi connectivity index (χ1v) is 4.14. The average molecular weight is 206 g/mol. The van der Waals surface area contributed by atoms with Crippen LogP contribution in [0.2, 0.25) is 0 Å². The van der Waals surface area contributed by atoms with Gasteiger partial charge in [0, 0.05) is 6.07 Å². The van der Waals surface area contributed by atoms with Crippen LogP contribution < -0.4 is 10.5 Å². The average Bonchev–Trinajstić information content (AvgIpc) is 2.20. The first kappa shape index (κ1) is 10.9. The van der Waals surface area contributed by atoms with Crippen LogP contribution in [-0.4, -0.2) is 23.2 Å². The lowest BCUT2D eigenvalue weighted by Crippen LogP contribution is -1.97. The summed E-state index contributed by atoms with van der Waals surface area (Å²) in [5.41, 5.74) is 6.32. The Morgan fingerprint density at radius 3 is 3.00 bits per heavy atom. The normalized spacial score (nSPS) is 8.87. The molecule has 0 aromatic carbocycles. The van der Waals surface area contributed by atoms with Crippen molar-refractivity contribution < 1.29 is 14.6 Å². The van der Waals surface area contributed by atoms with Gasteiger partial charge in [0.15, 0.2) is 0 Å². The molecule has 78 valence electrons. The van der Waals surface area contributed by atoms with Crippen LogP contribution in [0, 0.1) is 11.8 Å². The van der Waals surface area contributed by atoms with E-state index in [2.05, 4.69) is 16.8 Å². The van der Waals surface area contributed by atoms with E-state index in [9.17, 15) is 4.79 Å². The number of aromatic nitrogens is 1. The van der Waals surface area contributed by atoms with Gasteiger partial charge in [-0.3, -0.25) is 4.79 Å². The molecule has 0 amide bonds. The molecular weight excluding hydrogens is 196 g/mol. The first-order valence-electron chi connectivity index (χ1n) is 4.14. The lowest BCUT2D eigenvalue weighted by atomic mass is 10.3. The minimum atomic E-state index is -0.982. The second-order valence-electron chi connectivity index (χ2n) is 2.66. The highest BCUT2D eigenvalue weighted by molar-refractivity contribution is 5.70. The summed E-state index contributed by atoms with van der Waals surface area (Å²) in [5, 5.41) is 8.38. The summed E-state index contributed by atoms with van der Waals surface area (Å²) < 4.78 is 4.89. The van der Waals surface area contributed by atoms with E-state index in [0.29, 0.717) is 17.3 Å². The van der Waals surface area contributed by atoms with Gasteiger partial charge in [-0.05, 0) is 12.0 Å². The third-order valence-corrected chi connectivity index (χ3v) is 1.56. The van der Waals surface area contributed by atoms with E-state index in [1.54, 1.807) is 12.1 Å². The topological polar surface area (TPSA) is 85.4 Å². The van der Waals surface area contributed by atoms with Gasteiger partial charge in [0.25, 0.3) is 0 Å². The SMILES string of the molecule is COc1ccc(N)c(C#CCC(=O)O)n1. The summed E-state index contributed by atoms with van der Waals surface area (Å²) in [7, 11) is 1.48. The fourth-order valence-corrected chi connectivity index (χ4v) is 0.869. The third kappa shape index (κ3) is 3.19. The molecule has 5 nitrogen and oxygen atoms in total. The number of hydrogen-bond donors (Lipinski definition) is 2. The molecule has 1 aromatic rings. The van der Waals surface area contributed by atoms with E-state index < -0.39 is 5.97 Å². The molecule has 5 heteroatoms. The molecule has 0 bridgehead atoms. The first-order chi connectivity index (χ1) is 7.13. The maximum atomic E-state index is 10.2. The summed E-state index contributed by atoms with van der Waals surface area (Å²) in [6, 6.07) is 3.22. The molecule has 0 aliphatic rings. The highest BCUT2D eigenvalue weighted by Gasteiger charge is 1.99. The summed E-state index contributed by atoms with van der Waals surface area (Å²) in [4.78, 5) is 14.2. The number of hydrogen-bond acceptors (Lipinski definition) is 4. The van der Waals surface area contributed by atoms with Crippen molar-refractivity contribution >= 4 is 11.7 Å². The Hall–Kier alpha value is -2.22. The molecule has 0 atom stereocenters. The number of pyridine rings is 1. The van der Waals surface area contributed by atoms with Gasteiger partial charge in [0.05, 0.1) is 12.8 Å². The molecule has 0 aliphatic heterocycles. The van der Waals surface area contributed by atoms with E-state index in [1.807, 2.05) is 0 Å². The lowest BCUT2D eigenvalue weighted by Gasteiger charge is -2.00. The molecule has 0 spiro atoms. The van der Waals surface area contributed by atoms with Gasteiger partial charge in [-0.1, -0.05) is 5.92 Å². The zero-order chi connectivity index (χ0) is 11.3. The van der Waals surface area contributed by atoms with Crippen LogP contribution in [-0.2, 0) is 4.79 Å². The number of anilines is 1. The van der Waals surface area contributed by atoms with Crippen LogP contribution in [0.15, 0.2) is 12.1 Å². The van der Waals surface area contributed by atoms with Crippen molar-refractivity contribution in [3.8, 4) is 17.7 Å². The van der Waals surface area contributed by atoms with E-state index in [1.165, 1.54) is 7.11 Å². The van der Waals surface area contributed by atoms with Gasteiger partial charge in [-0.2, -0.15) is 0 Å². The van der Waals surface area contributed by atoms with Crippen molar-refractivity contribution in [1.82, 2.24) is 4.98 Å². The number of carbonyl (C=O) groups is 1. The molecular formula is C10H10N2O3. The van der Waals surface area contributed by atoms with Crippen molar-refractivity contribution in [2.24, 2.45) is 0 Å². The predicted molar refractivity (Wildman–Crippen MR) is 54.3 cm³/mol. The van der Waals surface area contributed by atoms with Gasteiger partial charge in [0.1, 0.15) is 12.1 Å². The second kappa shape index (κ2) is 4.86. The van der Waals surface area contributed by atoms with E-state index in [-0.39, 0.29) is 6.42 Å². The van der Waals surface area contributed by atoms with E-state index >= 15 is 0 Å². The molecule has 0 unspecified atom stereocenters. The lowest BCUT2D eigenvalue weighted by molar-refractivity contribution is -0.135. The zero-order valence-electron chi connectivity index (χ0n) is 8.15. The smallest absolute Gasteiger partial charge is 0.315 e. The summed E-state index contributed by atoms with van der Waals surface area (Å²) in [6.45, 7) is 0. The maximum Gasteiger partial charge on any atom is 0.315 e. The van der Waals surface area contributed by atoms with Gasteiger partial charge in [0.2, 0.25) is 5.88 Å². The number of carboxylic acid groups (broad SMARTS) is 1. The molecule has 1 aromatic heterocycles. The Labute approximate surface area is 86.9 Å². The highest BCUT2D eigenvalue weighted by atomic mass is 16.5. The van der Waals surface area contributed by atoms with Gasteiger partial charge >= 0.3 is 5.97 Å². The van der Waals surface area contributed by atoms with Crippen LogP contribution in [0.5, 0.6) is 5.88 Å². The number of nitrogen functional groups attached to an aromatic ring is 1. The largest absolute Gasteiger partial charge is 0.481 e. The van der Waals surface area contributed by atoms with E-state index in [4.69, 9.17) is 15.6 Å². The Morgan fingerprint density at radius 2 is 2.40 bits per heavy atom. The van der Waals surface area contributed by atoms with Crippen molar-refractivity contribution in [2.75, 3.05) is 12.8 Å². The Morgan fingerprint density at radius 1 is 1.67 bits per heavy atom. The molecule has 0 aliphatic carbocycles. The van der Waals surface area contributed by atoms with Gasteiger partial charge < -0.3 is 15.6 Å². The summed E-state index contributed by atoms with van der Waals surface area (Å²) >= 11 is 0. The fourth-order valence-electron chi connectivity index (χ4n) is 0.869. The molecule has 0 radical (unpaired) electrons.